The third-order valence-corrected chi connectivity index (χ3v) is 2.99. The molecule has 0 saturated carbocycles. The van der Waals surface area contributed by atoms with E-state index in [-0.39, 0.29) is 12.5 Å². The number of benzene rings is 1. The average Bonchev–Trinajstić information content (AvgIpc) is 2.27. The fraction of sp³-hybridized carbons (Fsp3) is 0.500. The highest BCUT2D eigenvalue weighted by molar-refractivity contribution is 6.30. The molecule has 1 nitrogen and oxygen atoms in total. The third-order valence-electron chi connectivity index (χ3n) is 2.38. The van der Waals surface area contributed by atoms with Gasteiger partial charge in [0.15, 0.2) is 0 Å². The molecule has 0 aromatic heterocycles. The van der Waals surface area contributed by atoms with E-state index in [4.69, 9.17) is 23.2 Å². The van der Waals surface area contributed by atoms with Crippen molar-refractivity contribution in [3.05, 3.63) is 34.9 Å². The molecule has 0 aliphatic heterocycles. The lowest BCUT2D eigenvalue weighted by Crippen LogP contribution is -2.18. The van der Waals surface area contributed by atoms with Crippen molar-refractivity contribution in [3.63, 3.8) is 0 Å². The summed E-state index contributed by atoms with van der Waals surface area (Å²) in [4.78, 5) is 0. The highest BCUT2D eigenvalue weighted by Gasteiger charge is 2.27. The van der Waals surface area contributed by atoms with E-state index in [1.165, 1.54) is 0 Å². The first-order valence-corrected chi connectivity index (χ1v) is 6.29. The Bertz CT molecular complexity index is 369. The average molecular weight is 301 g/mol. The van der Waals surface area contributed by atoms with E-state index >= 15 is 0 Å². The van der Waals surface area contributed by atoms with Gasteiger partial charge in [-0.1, -0.05) is 23.7 Å². The largest absolute Gasteiger partial charge is 0.411 e. The van der Waals surface area contributed by atoms with Gasteiger partial charge in [0, 0.05) is 17.5 Å². The maximum absolute atomic E-state index is 11.9. The summed E-state index contributed by atoms with van der Waals surface area (Å²) in [6.45, 7) is -1.21. The second-order valence-corrected chi connectivity index (χ2v) is 4.61. The number of ether oxygens (including phenoxy) is 1. The van der Waals surface area contributed by atoms with Gasteiger partial charge in [0.05, 0.1) is 0 Å². The fourth-order valence-corrected chi connectivity index (χ4v) is 2.04. The number of hydrogen-bond acceptors (Lipinski definition) is 1. The van der Waals surface area contributed by atoms with Gasteiger partial charge < -0.3 is 4.74 Å². The Morgan fingerprint density at radius 1 is 1.28 bits per heavy atom. The molecule has 0 spiro atoms. The standard InChI is InChI=1S/C12H13Cl2F3O/c13-7-10(4-5-18-8-12(15,16)17)9-2-1-3-11(14)6-9/h1-3,6,10H,4-5,7-8H2. The Morgan fingerprint density at radius 3 is 2.56 bits per heavy atom. The second kappa shape index (κ2) is 7.22. The molecule has 0 fully saturated rings. The van der Waals surface area contributed by atoms with Crippen LogP contribution in [0.15, 0.2) is 24.3 Å². The van der Waals surface area contributed by atoms with E-state index in [1.807, 2.05) is 6.07 Å². The molecular formula is C12H13Cl2F3O. The molecule has 18 heavy (non-hydrogen) atoms. The topological polar surface area (TPSA) is 9.23 Å². The van der Waals surface area contributed by atoms with Crippen LogP contribution in [0, 0.1) is 0 Å². The molecule has 1 unspecified atom stereocenters. The highest BCUT2D eigenvalue weighted by atomic mass is 35.5. The molecule has 1 rings (SSSR count). The molecule has 1 atom stereocenters. The molecule has 0 radical (unpaired) electrons. The normalized spacial score (nSPS) is 13.6. The molecule has 0 N–H and O–H groups in total. The molecule has 0 aliphatic carbocycles. The van der Waals surface area contributed by atoms with Crippen LogP contribution in [-0.2, 0) is 4.74 Å². The molecule has 0 aliphatic rings. The van der Waals surface area contributed by atoms with Crippen molar-refractivity contribution in [3.8, 4) is 0 Å². The molecule has 0 saturated heterocycles. The van der Waals surface area contributed by atoms with Gasteiger partial charge in [-0.15, -0.1) is 11.6 Å². The van der Waals surface area contributed by atoms with Gasteiger partial charge in [-0.2, -0.15) is 13.2 Å². The Labute approximate surface area is 114 Å². The minimum atomic E-state index is -4.29. The summed E-state index contributed by atoms with van der Waals surface area (Å²) in [5.74, 6) is 0.258. The van der Waals surface area contributed by atoms with Crippen molar-refractivity contribution in [2.75, 3.05) is 19.1 Å². The first-order chi connectivity index (χ1) is 8.42. The Balaban J connectivity index is 2.43. The van der Waals surface area contributed by atoms with Crippen LogP contribution in [0.4, 0.5) is 13.2 Å². The van der Waals surface area contributed by atoms with Crippen LogP contribution < -0.4 is 0 Å². The monoisotopic (exact) mass is 300 g/mol. The van der Waals surface area contributed by atoms with Crippen LogP contribution in [0.3, 0.4) is 0 Å². The van der Waals surface area contributed by atoms with Crippen molar-refractivity contribution in [1.82, 2.24) is 0 Å². The summed E-state index contributed by atoms with van der Waals surface area (Å²) in [7, 11) is 0. The van der Waals surface area contributed by atoms with Gasteiger partial charge in [0.1, 0.15) is 6.61 Å². The van der Waals surface area contributed by atoms with Crippen LogP contribution in [0.2, 0.25) is 5.02 Å². The summed E-state index contributed by atoms with van der Waals surface area (Å²) >= 11 is 11.6. The van der Waals surface area contributed by atoms with E-state index in [9.17, 15) is 13.2 Å². The van der Waals surface area contributed by atoms with Gasteiger partial charge in [-0.3, -0.25) is 0 Å². The Kier molecular flexibility index (Phi) is 6.26. The number of hydrogen-bond donors (Lipinski definition) is 0. The minimum Gasteiger partial charge on any atom is -0.372 e. The van der Waals surface area contributed by atoms with Crippen molar-refractivity contribution in [2.24, 2.45) is 0 Å². The summed E-state index contributed by atoms with van der Waals surface area (Å²) in [6, 6.07) is 7.13. The van der Waals surface area contributed by atoms with Crippen LogP contribution in [0.1, 0.15) is 17.9 Å². The summed E-state index contributed by atoms with van der Waals surface area (Å²) in [5.41, 5.74) is 0.910. The van der Waals surface area contributed by atoms with Gasteiger partial charge in [0.2, 0.25) is 0 Å². The van der Waals surface area contributed by atoms with Crippen molar-refractivity contribution < 1.29 is 17.9 Å². The third kappa shape index (κ3) is 5.94. The molecule has 1 aromatic carbocycles. The molecule has 0 bridgehead atoms. The maximum atomic E-state index is 11.9. The SMILES string of the molecule is FC(F)(F)COCCC(CCl)c1cccc(Cl)c1. The molecule has 6 heteroatoms. The van der Waals surface area contributed by atoms with Crippen LogP contribution in [0.25, 0.3) is 0 Å². The first kappa shape index (κ1) is 15.6. The molecule has 0 heterocycles. The zero-order valence-electron chi connectivity index (χ0n) is 9.51. The molecular weight excluding hydrogens is 288 g/mol. The molecule has 1 aromatic rings. The van der Waals surface area contributed by atoms with E-state index < -0.39 is 12.8 Å². The van der Waals surface area contributed by atoms with E-state index in [0.29, 0.717) is 17.3 Å². The van der Waals surface area contributed by atoms with Gasteiger partial charge >= 0.3 is 6.18 Å². The van der Waals surface area contributed by atoms with Crippen molar-refractivity contribution in [2.45, 2.75) is 18.5 Å². The fourth-order valence-electron chi connectivity index (χ4n) is 1.51. The van der Waals surface area contributed by atoms with E-state index in [0.717, 1.165) is 5.56 Å². The summed E-state index contributed by atoms with van der Waals surface area (Å²) < 4.78 is 40.2. The lowest BCUT2D eigenvalue weighted by Gasteiger charge is -2.15. The summed E-state index contributed by atoms with van der Waals surface area (Å²) in [6.07, 6.45) is -3.85. The first-order valence-electron chi connectivity index (χ1n) is 5.38. The zero-order chi connectivity index (χ0) is 13.6. The second-order valence-electron chi connectivity index (χ2n) is 3.86. The van der Waals surface area contributed by atoms with Gasteiger partial charge in [-0.25, -0.2) is 0 Å². The number of alkyl halides is 4. The van der Waals surface area contributed by atoms with Gasteiger partial charge in [-0.05, 0) is 30.0 Å². The van der Waals surface area contributed by atoms with E-state index in [2.05, 4.69) is 4.74 Å². The van der Waals surface area contributed by atoms with Crippen molar-refractivity contribution in [1.29, 1.82) is 0 Å². The summed E-state index contributed by atoms with van der Waals surface area (Å²) in [5, 5.41) is 0.582. The minimum absolute atomic E-state index is 0.0173. The number of rotatable bonds is 6. The lowest BCUT2D eigenvalue weighted by atomic mass is 9.98. The lowest BCUT2D eigenvalue weighted by molar-refractivity contribution is -0.174. The highest BCUT2D eigenvalue weighted by Crippen LogP contribution is 2.24. The Hall–Kier alpha value is -0.450. The maximum Gasteiger partial charge on any atom is 0.411 e. The van der Waals surface area contributed by atoms with Crippen LogP contribution in [0.5, 0.6) is 0 Å². The Morgan fingerprint density at radius 2 is 2.00 bits per heavy atom. The molecule has 0 amide bonds. The van der Waals surface area contributed by atoms with Crippen molar-refractivity contribution >= 4 is 23.2 Å². The van der Waals surface area contributed by atoms with Crippen LogP contribution in [-0.4, -0.2) is 25.3 Å². The predicted molar refractivity (Wildman–Crippen MR) is 66.4 cm³/mol. The number of halogens is 5. The predicted octanol–water partition coefficient (Wildman–Crippen LogP) is 4.63. The van der Waals surface area contributed by atoms with E-state index in [1.54, 1.807) is 18.2 Å². The zero-order valence-corrected chi connectivity index (χ0v) is 11.0. The van der Waals surface area contributed by atoms with Gasteiger partial charge in [0.25, 0.3) is 0 Å². The smallest absolute Gasteiger partial charge is 0.372 e. The molecule has 102 valence electrons. The quantitative estimate of drug-likeness (QED) is 0.550. The van der Waals surface area contributed by atoms with Crippen LogP contribution >= 0.6 is 23.2 Å².